The number of hydrogen-bond donors (Lipinski definition) is 0. The van der Waals surface area contributed by atoms with Crippen molar-refractivity contribution in [2.45, 2.75) is 19.6 Å². The fraction of sp³-hybridized carbons (Fsp3) is 0.125. The zero-order chi connectivity index (χ0) is 28.8. The second-order valence-corrected chi connectivity index (χ2v) is 15.7. The Kier molecular flexibility index (Phi) is 7.94. The molecule has 0 unspecified atom stereocenters. The summed E-state index contributed by atoms with van der Waals surface area (Å²) in [5, 5.41) is 2.69. The summed E-state index contributed by atoms with van der Waals surface area (Å²) in [6.07, 6.45) is 0. The smallest absolute Gasteiger partial charge is 0.161 e. The van der Waals surface area contributed by atoms with Crippen LogP contribution in [0.1, 0.15) is 0 Å². The number of thiophene rings is 2. The monoisotopic (exact) mass is 664 g/mol. The molecule has 0 aliphatic carbocycles. The van der Waals surface area contributed by atoms with Crippen molar-refractivity contribution in [3.05, 3.63) is 72.8 Å². The third-order valence-corrected chi connectivity index (χ3v) is 14.6. The van der Waals surface area contributed by atoms with Gasteiger partial charge in [-0.25, -0.2) is 0 Å². The van der Waals surface area contributed by atoms with Crippen molar-refractivity contribution < 1.29 is 18.9 Å². The van der Waals surface area contributed by atoms with E-state index in [1.165, 1.54) is 60.6 Å². The molecule has 10 heteroatoms. The van der Waals surface area contributed by atoms with Gasteiger partial charge in [-0.15, -0.1) is 22.7 Å². The van der Waals surface area contributed by atoms with Gasteiger partial charge in [0.25, 0.3) is 0 Å². The molecule has 0 radical (unpaired) electrons. The third kappa shape index (κ3) is 4.82. The summed E-state index contributed by atoms with van der Waals surface area (Å²) in [5.41, 5.74) is 2.49. The SMILES string of the molecule is COc1cc2c(cc1OC)-c1sc3ccccc3c1SS2.COc1cc2c(cc1OC)-c1sc3ccccc3c1SS2. The maximum Gasteiger partial charge on any atom is 0.161 e. The van der Waals surface area contributed by atoms with Crippen LogP contribution in [-0.4, -0.2) is 28.4 Å². The molecule has 0 bridgehead atoms. The number of hydrogen-bond acceptors (Lipinski definition) is 10. The van der Waals surface area contributed by atoms with Gasteiger partial charge in [-0.1, -0.05) is 79.6 Å². The summed E-state index contributed by atoms with van der Waals surface area (Å²) >= 11 is 3.69. The van der Waals surface area contributed by atoms with Gasteiger partial charge < -0.3 is 18.9 Å². The molecule has 0 saturated heterocycles. The Labute approximate surface area is 267 Å². The largest absolute Gasteiger partial charge is 0.493 e. The van der Waals surface area contributed by atoms with E-state index in [2.05, 4.69) is 72.8 Å². The van der Waals surface area contributed by atoms with Gasteiger partial charge >= 0.3 is 0 Å². The first-order valence-electron chi connectivity index (χ1n) is 12.9. The molecule has 0 amide bonds. The van der Waals surface area contributed by atoms with Crippen molar-refractivity contribution in [1.29, 1.82) is 0 Å². The Bertz CT molecular complexity index is 1820. The molecular formula is C32H24O4S6. The van der Waals surface area contributed by atoms with E-state index < -0.39 is 0 Å². The minimum absolute atomic E-state index is 0.784. The summed E-state index contributed by atoms with van der Waals surface area (Å²) in [4.78, 5) is 7.85. The topological polar surface area (TPSA) is 36.9 Å². The van der Waals surface area contributed by atoms with E-state index in [1.807, 2.05) is 44.3 Å². The number of fused-ring (bicyclic) bond motifs is 10. The highest BCUT2D eigenvalue weighted by Crippen LogP contribution is 2.59. The van der Waals surface area contributed by atoms with Crippen LogP contribution in [0, 0.1) is 0 Å². The Morgan fingerprint density at radius 3 is 1.24 bits per heavy atom. The molecule has 4 nitrogen and oxygen atoms in total. The summed E-state index contributed by atoms with van der Waals surface area (Å²) in [6.45, 7) is 0. The Morgan fingerprint density at radius 1 is 0.452 bits per heavy atom. The van der Waals surface area contributed by atoms with Crippen LogP contribution in [-0.2, 0) is 0 Å². The molecule has 6 aromatic rings. The van der Waals surface area contributed by atoms with Gasteiger partial charge in [0.2, 0.25) is 0 Å². The number of ether oxygens (including phenoxy) is 4. The van der Waals surface area contributed by atoms with Crippen LogP contribution in [0.4, 0.5) is 0 Å². The summed E-state index contributed by atoms with van der Waals surface area (Å²) in [6, 6.07) is 25.5. The lowest BCUT2D eigenvalue weighted by molar-refractivity contribution is 0.354. The molecular weight excluding hydrogens is 641 g/mol. The van der Waals surface area contributed by atoms with Gasteiger partial charge in [-0.2, -0.15) is 0 Å². The van der Waals surface area contributed by atoms with Crippen LogP contribution in [0.5, 0.6) is 23.0 Å². The lowest BCUT2D eigenvalue weighted by Gasteiger charge is -2.18. The van der Waals surface area contributed by atoms with E-state index in [0.29, 0.717) is 0 Å². The molecule has 0 fully saturated rings. The molecule has 0 spiro atoms. The van der Waals surface area contributed by atoms with Gasteiger partial charge in [0.15, 0.2) is 23.0 Å². The first-order valence-corrected chi connectivity index (χ1v) is 18.8. The van der Waals surface area contributed by atoms with Crippen LogP contribution in [0.25, 0.3) is 41.1 Å². The minimum Gasteiger partial charge on any atom is -0.493 e. The molecule has 0 saturated carbocycles. The van der Waals surface area contributed by atoms with Crippen LogP contribution in [0.2, 0.25) is 0 Å². The molecule has 212 valence electrons. The van der Waals surface area contributed by atoms with Crippen LogP contribution in [0.3, 0.4) is 0 Å². The second-order valence-electron chi connectivity index (χ2n) is 9.25. The lowest BCUT2D eigenvalue weighted by Crippen LogP contribution is -1.93. The summed E-state index contributed by atoms with van der Waals surface area (Å²) < 4.78 is 24.4. The van der Waals surface area contributed by atoms with E-state index >= 15 is 0 Å². The third-order valence-electron chi connectivity index (χ3n) is 6.99. The number of benzene rings is 4. The van der Waals surface area contributed by atoms with Crippen LogP contribution >= 0.6 is 65.8 Å². The fourth-order valence-corrected chi connectivity index (χ4v) is 13.3. The average Bonchev–Trinajstić information content (AvgIpc) is 3.62. The predicted molar refractivity (Wildman–Crippen MR) is 184 cm³/mol. The molecule has 42 heavy (non-hydrogen) atoms. The number of rotatable bonds is 4. The van der Waals surface area contributed by atoms with Crippen molar-refractivity contribution in [1.82, 2.24) is 0 Å². The highest BCUT2D eigenvalue weighted by atomic mass is 33.1. The Hall–Kier alpha value is -2.60. The maximum absolute atomic E-state index is 5.45. The Balaban J connectivity index is 0.000000137. The van der Waals surface area contributed by atoms with Crippen LogP contribution < -0.4 is 18.9 Å². The van der Waals surface area contributed by atoms with Crippen molar-refractivity contribution in [3.63, 3.8) is 0 Å². The lowest BCUT2D eigenvalue weighted by atomic mass is 10.1. The zero-order valence-electron chi connectivity index (χ0n) is 23.0. The summed E-state index contributed by atoms with van der Waals surface area (Å²) in [5.74, 6) is 3.14. The van der Waals surface area contributed by atoms with Gasteiger partial charge in [-0.3, -0.25) is 0 Å². The molecule has 2 aliphatic heterocycles. The molecule has 4 aromatic carbocycles. The fourth-order valence-electron chi connectivity index (χ4n) is 4.95. The standard InChI is InChI=1S/2C16H12O2S3/c2*1-17-11-7-10-14(8-12(11)18-2)20-21-16-9-5-3-4-6-13(9)19-15(10)16/h2*3-8H,1-2H3. The van der Waals surface area contributed by atoms with Crippen molar-refractivity contribution in [3.8, 4) is 43.9 Å². The first kappa shape index (κ1) is 28.2. The molecule has 8 rings (SSSR count). The minimum atomic E-state index is 0.784. The van der Waals surface area contributed by atoms with Gasteiger partial charge in [-0.05, 0) is 36.4 Å². The average molecular weight is 665 g/mol. The van der Waals surface area contributed by atoms with E-state index in [1.54, 1.807) is 50.0 Å². The van der Waals surface area contributed by atoms with E-state index in [-0.39, 0.29) is 0 Å². The van der Waals surface area contributed by atoms with Gasteiger partial charge in [0, 0.05) is 50.9 Å². The maximum atomic E-state index is 5.45. The van der Waals surface area contributed by atoms with Crippen molar-refractivity contribution in [2.75, 3.05) is 28.4 Å². The van der Waals surface area contributed by atoms with Crippen molar-refractivity contribution >= 4 is 86.0 Å². The quantitative estimate of drug-likeness (QED) is 0.172. The predicted octanol–water partition coefficient (Wildman–Crippen LogP) is 11.4. The number of methoxy groups -OCH3 is 4. The zero-order valence-corrected chi connectivity index (χ0v) is 27.9. The molecule has 2 aliphatic rings. The molecule has 4 heterocycles. The van der Waals surface area contributed by atoms with E-state index in [0.717, 1.165) is 23.0 Å². The normalized spacial score (nSPS) is 12.9. The van der Waals surface area contributed by atoms with E-state index in [9.17, 15) is 0 Å². The highest BCUT2D eigenvalue weighted by molar-refractivity contribution is 8.77. The summed E-state index contributed by atoms with van der Waals surface area (Å²) in [7, 11) is 14.0. The molecule has 0 atom stereocenters. The Morgan fingerprint density at radius 2 is 0.833 bits per heavy atom. The van der Waals surface area contributed by atoms with Gasteiger partial charge in [0.1, 0.15) is 0 Å². The van der Waals surface area contributed by atoms with Crippen molar-refractivity contribution in [2.24, 2.45) is 0 Å². The highest BCUT2D eigenvalue weighted by Gasteiger charge is 2.26. The van der Waals surface area contributed by atoms with Crippen LogP contribution in [0.15, 0.2) is 92.4 Å². The molecule has 2 aromatic heterocycles. The first-order chi connectivity index (χ1) is 20.6. The molecule has 0 N–H and O–H groups in total. The van der Waals surface area contributed by atoms with E-state index in [4.69, 9.17) is 18.9 Å². The second kappa shape index (κ2) is 11.8. The van der Waals surface area contributed by atoms with Gasteiger partial charge in [0.05, 0.1) is 38.2 Å².